The highest BCUT2D eigenvalue weighted by atomic mass is 16.5. The van der Waals surface area contributed by atoms with Crippen LogP contribution in [0.1, 0.15) is 27.4 Å². The summed E-state index contributed by atoms with van der Waals surface area (Å²) >= 11 is 0. The van der Waals surface area contributed by atoms with Crippen LogP contribution in [0.3, 0.4) is 0 Å². The van der Waals surface area contributed by atoms with Gasteiger partial charge in [-0.05, 0) is 35.7 Å². The predicted octanol–water partition coefficient (Wildman–Crippen LogP) is 1.88. The van der Waals surface area contributed by atoms with Crippen LogP contribution in [0.25, 0.3) is 0 Å². The van der Waals surface area contributed by atoms with E-state index in [0.29, 0.717) is 23.8 Å². The first-order chi connectivity index (χ1) is 11.7. The second kappa shape index (κ2) is 7.17. The Morgan fingerprint density at radius 1 is 1.12 bits per heavy atom. The third-order valence-corrected chi connectivity index (χ3v) is 4.25. The number of amides is 2. The molecule has 0 spiro atoms. The molecule has 1 atom stereocenters. The normalized spacial score (nSPS) is 15.0. The molecule has 124 valence electrons. The fraction of sp³-hybridized carbons (Fsp3) is 0.263. The first-order valence-electron chi connectivity index (χ1n) is 7.94. The lowest BCUT2D eigenvalue weighted by atomic mass is 9.77. The van der Waals surface area contributed by atoms with E-state index in [9.17, 15) is 9.59 Å². The highest BCUT2D eigenvalue weighted by molar-refractivity contribution is 5.96. The molecule has 0 saturated heterocycles. The van der Waals surface area contributed by atoms with Crippen LogP contribution in [0.2, 0.25) is 0 Å². The molecule has 2 aromatic rings. The maximum absolute atomic E-state index is 12.0. The van der Waals surface area contributed by atoms with Crippen molar-refractivity contribution >= 4 is 11.8 Å². The summed E-state index contributed by atoms with van der Waals surface area (Å²) in [5.41, 5.74) is 3.12. The summed E-state index contributed by atoms with van der Waals surface area (Å²) in [5, 5.41) is 5.50. The Kier molecular flexibility index (Phi) is 4.79. The molecular formula is C19H20N2O3. The molecule has 0 saturated carbocycles. The number of nitrogens with one attached hydrogen (secondary N) is 2. The minimum absolute atomic E-state index is 0.0373. The lowest BCUT2D eigenvalue weighted by Gasteiger charge is -2.30. The van der Waals surface area contributed by atoms with Gasteiger partial charge in [0.05, 0.1) is 13.7 Å². The van der Waals surface area contributed by atoms with Crippen LogP contribution in [0, 0.1) is 0 Å². The molecule has 0 aliphatic heterocycles. The van der Waals surface area contributed by atoms with Crippen LogP contribution < -0.4 is 15.4 Å². The third-order valence-electron chi connectivity index (χ3n) is 4.25. The van der Waals surface area contributed by atoms with Gasteiger partial charge in [0.2, 0.25) is 5.91 Å². The molecule has 0 heterocycles. The van der Waals surface area contributed by atoms with Crippen molar-refractivity contribution in [2.75, 3.05) is 20.2 Å². The van der Waals surface area contributed by atoms with Gasteiger partial charge < -0.3 is 15.4 Å². The quantitative estimate of drug-likeness (QED) is 0.852. The van der Waals surface area contributed by atoms with Crippen molar-refractivity contribution < 1.29 is 14.3 Å². The molecule has 0 bridgehead atoms. The van der Waals surface area contributed by atoms with Crippen LogP contribution in [-0.2, 0) is 11.2 Å². The summed E-state index contributed by atoms with van der Waals surface area (Å²) in [6.45, 7) is 0.565. The highest BCUT2D eigenvalue weighted by Gasteiger charge is 2.25. The number of fused-ring (bicyclic) bond motifs is 1. The molecule has 5 nitrogen and oxygen atoms in total. The van der Waals surface area contributed by atoms with Gasteiger partial charge in [0.1, 0.15) is 5.75 Å². The Bertz CT molecular complexity index is 758. The van der Waals surface area contributed by atoms with Crippen molar-refractivity contribution in [1.29, 1.82) is 0 Å². The van der Waals surface area contributed by atoms with Crippen LogP contribution in [-0.4, -0.2) is 32.0 Å². The maximum Gasteiger partial charge on any atom is 0.251 e. The molecule has 24 heavy (non-hydrogen) atoms. The predicted molar refractivity (Wildman–Crippen MR) is 91.2 cm³/mol. The summed E-state index contributed by atoms with van der Waals surface area (Å²) in [6.07, 6.45) is 0.993. The minimum atomic E-state index is -0.293. The van der Waals surface area contributed by atoms with Crippen molar-refractivity contribution in [3.05, 3.63) is 65.2 Å². The van der Waals surface area contributed by atoms with Crippen molar-refractivity contribution in [2.45, 2.75) is 12.3 Å². The third kappa shape index (κ3) is 3.56. The zero-order valence-electron chi connectivity index (χ0n) is 13.5. The van der Waals surface area contributed by atoms with E-state index in [-0.39, 0.29) is 18.4 Å². The molecule has 1 aliphatic carbocycles. The summed E-state index contributed by atoms with van der Waals surface area (Å²) in [5.74, 6) is 0.503. The zero-order valence-corrected chi connectivity index (χ0v) is 13.5. The Morgan fingerprint density at radius 3 is 2.75 bits per heavy atom. The van der Waals surface area contributed by atoms with Gasteiger partial charge in [0.15, 0.2) is 0 Å². The maximum atomic E-state index is 12.0. The number of hydrogen-bond donors (Lipinski definition) is 2. The topological polar surface area (TPSA) is 67.4 Å². The Morgan fingerprint density at radius 2 is 1.96 bits per heavy atom. The molecule has 0 unspecified atom stereocenters. The zero-order chi connectivity index (χ0) is 16.9. The number of rotatable bonds is 6. The van der Waals surface area contributed by atoms with Crippen molar-refractivity contribution in [1.82, 2.24) is 10.6 Å². The first-order valence-corrected chi connectivity index (χ1v) is 7.94. The standard InChI is InChI=1S/C19H20N2O3/c1-24-16-7-4-6-14(10-16)19(23)21-12-18(22)20-11-15-9-13-5-2-3-8-17(13)15/h2-8,10,15H,9,11-12H2,1H3,(H,20,22)(H,21,23)/t15-/m0/s1. The Hall–Kier alpha value is -2.82. The van der Waals surface area contributed by atoms with Gasteiger partial charge in [-0.2, -0.15) is 0 Å². The summed E-state index contributed by atoms with van der Waals surface area (Å²) in [7, 11) is 1.54. The van der Waals surface area contributed by atoms with E-state index in [2.05, 4.69) is 22.8 Å². The fourth-order valence-corrected chi connectivity index (χ4v) is 2.87. The van der Waals surface area contributed by atoms with Crippen molar-refractivity contribution in [3.8, 4) is 5.75 Å². The van der Waals surface area contributed by atoms with Gasteiger partial charge in [0.25, 0.3) is 5.91 Å². The average Bonchev–Trinajstić information content (AvgIpc) is 2.60. The van der Waals surface area contributed by atoms with Crippen LogP contribution in [0.4, 0.5) is 0 Å². The number of methoxy groups -OCH3 is 1. The second-order valence-corrected chi connectivity index (χ2v) is 5.82. The lowest BCUT2D eigenvalue weighted by Crippen LogP contribution is -2.40. The van der Waals surface area contributed by atoms with E-state index in [1.807, 2.05) is 12.1 Å². The van der Waals surface area contributed by atoms with E-state index >= 15 is 0 Å². The van der Waals surface area contributed by atoms with Crippen LogP contribution >= 0.6 is 0 Å². The van der Waals surface area contributed by atoms with E-state index in [1.54, 1.807) is 31.4 Å². The first kappa shape index (κ1) is 16.1. The van der Waals surface area contributed by atoms with Gasteiger partial charge in [-0.25, -0.2) is 0 Å². The largest absolute Gasteiger partial charge is 0.497 e. The summed E-state index contributed by atoms with van der Waals surface area (Å²) in [6, 6.07) is 15.1. The number of carbonyl (C=O) groups is 2. The SMILES string of the molecule is COc1cccc(C(=O)NCC(=O)NC[C@@H]2Cc3ccccc32)c1. The van der Waals surface area contributed by atoms with Gasteiger partial charge in [-0.1, -0.05) is 30.3 Å². The van der Waals surface area contributed by atoms with Gasteiger partial charge >= 0.3 is 0 Å². The number of ether oxygens (including phenoxy) is 1. The van der Waals surface area contributed by atoms with Crippen LogP contribution in [0.15, 0.2) is 48.5 Å². The van der Waals surface area contributed by atoms with Gasteiger partial charge in [0, 0.05) is 18.0 Å². The molecule has 0 radical (unpaired) electrons. The monoisotopic (exact) mass is 324 g/mol. The molecular weight excluding hydrogens is 304 g/mol. The van der Waals surface area contributed by atoms with Gasteiger partial charge in [-0.15, -0.1) is 0 Å². The number of benzene rings is 2. The molecule has 0 fully saturated rings. The van der Waals surface area contributed by atoms with Crippen LogP contribution in [0.5, 0.6) is 5.75 Å². The number of carbonyl (C=O) groups excluding carboxylic acids is 2. The van der Waals surface area contributed by atoms with E-state index < -0.39 is 0 Å². The van der Waals surface area contributed by atoms with E-state index in [1.165, 1.54) is 11.1 Å². The lowest BCUT2D eigenvalue weighted by molar-refractivity contribution is -0.120. The molecule has 3 rings (SSSR count). The molecule has 2 amide bonds. The molecule has 5 heteroatoms. The summed E-state index contributed by atoms with van der Waals surface area (Å²) < 4.78 is 5.08. The average molecular weight is 324 g/mol. The Balaban J connectivity index is 1.43. The van der Waals surface area contributed by atoms with Gasteiger partial charge in [-0.3, -0.25) is 9.59 Å². The minimum Gasteiger partial charge on any atom is -0.497 e. The Labute approximate surface area is 141 Å². The van der Waals surface area contributed by atoms with Crippen molar-refractivity contribution in [2.24, 2.45) is 0 Å². The highest BCUT2D eigenvalue weighted by Crippen LogP contribution is 2.33. The summed E-state index contributed by atoms with van der Waals surface area (Å²) in [4.78, 5) is 23.9. The molecule has 1 aliphatic rings. The molecule has 0 aromatic heterocycles. The molecule has 2 aromatic carbocycles. The smallest absolute Gasteiger partial charge is 0.251 e. The molecule has 2 N–H and O–H groups in total. The second-order valence-electron chi connectivity index (χ2n) is 5.82. The fourth-order valence-electron chi connectivity index (χ4n) is 2.87. The van der Waals surface area contributed by atoms with Crippen molar-refractivity contribution in [3.63, 3.8) is 0 Å². The van der Waals surface area contributed by atoms with E-state index in [0.717, 1.165) is 6.42 Å². The number of hydrogen-bond acceptors (Lipinski definition) is 3. The van der Waals surface area contributed by atoms with E-state index in [4.69, 9.17) is 4.74 Å².